The zero-order valence-corrected chi connectivity index (χ0v) is 12.1. The highest BCUT2D eigenvalue weighted by atomic mass is 16.5. The second-order valence-electron chi connectivity index (χ2n) is 5.09. The number of carbonyl (C=O) groups excluding carboxylic acids is 1. The zero-order valence-electron chi connectivity index (χ0n) is 12.1. The van der Waals surface area contributed by atoms with Crippen molar-refractivity contribution in [3.8, 4) is 5.75 Å². The summed E-state index contributed by atoms with van der Waals surface area (Å²) in [6.45, 7) is 2.95. The van der Waals surface area contributed by atoms with Crippen molar-refractivity contribution >= 4 is 12.1 Å². The molecular weight excluding hydrogens is 252 g/mol. The summed E-state index contributed by atoms with van der Waals surface area (Å²) in [5.74, 6) is 0.827. The van der Waals surface area contributed by atoms with Gasteiger partial charge >= 0.3 is 6.03 Å². The summed E-state index contributed by atoms with van der Waals surface area (Å²) in [4.78, 5) is 13.9. The molecule has 1 unspecified atom stereocenters. The van der Waals surface area contributed by atoms with Gasteiger partial charge in [0.15, 0.2) is 0 Å². The second kappa shape index (κ2) is 6.98. The van der Waals surface area contributed by atoms with Crippen LogP contribution in [0.15, 0.2) is 30.5 Å². The van der Waals surface area contributed by atoms with Crippen molar-refractivity contribution in [2.45, 2.75) is 32.2 Å². The fourth-order valence-corrected chi connectivity index (χ4v) is 2.41. The molecule has 0 spiro atoms. The molecule has 1 fully saturated rings. The van der Waals surface area contributed by atoms with Gasteiger partial charge in [0, 0.05) is 18.8 Å². The van der Waals surface area contributed by atoms with Crippen LogP contribution in [0.1, 0.15) is 31.7 Å². The lowest BCUT2D eigenvalue weighted by atomic mass is 10.0. The van der Waals surface area contributed by atoms with Crippen LogP contribution in [-0.2, 0) is 0 Å². The Labute approximate surface area is 120 Å². The predicted octanol–water partition coefficient (Wildman–Crippen LogP) is 3.25. The van der Waals surface area contributed by atoms with Gasteiger partial charge in [-0.05, 0) is 50.0 Å². The summed E-state index contributed by atoms with van der Waals surface area (Å²) in [5.41, 5.74) is 1.03. The lowest BCUT2D eigenvalue weighted by Gasteiger charge is -2.32. The maximum atomic E-state index is 12.0. The number of rotatable bonds is 3. The number of likely N-dealkylation sites (tertiary alicyclic amines) is 1. The summed E-state index contributed by atoms with van der Waals surface area (Å²) in [7, 11) is 1.64. The van der Waals surface area contributed by atoms with Crippen LogP contribution in [0.4, 0.5) is 4.79 Å². The van der Waals surface area contributed by atoms with E-state index >= 15 is 0 Å². The lowest BCUT2D eigenvalue weighted by Crippen LogP contribution is -2.46. The van der Waals surface area contributed by atoms with Gasteiger partial charge in [-0.3, -0.25) is 0 Å². The molecule has 0 aromatic heterocycles. The molecule has 0 bridgehead atoms. The van der Waals surface area contributed by atoms with Crippen molar-refractivity contribution < 1.29 is 9.53 Å². The maximum Gasteiger partial charge on any atom is 0.321 e. The van der Waals surface area contributed by atoms with E-state index in [2.05, 4.69) is 12.2 Å². The number of piperidine rings is 1. The van der Waals surface area contributed by atoms with Crippen LogP contribution >= 0.6 is 0 Å². The molecule has 1 saturated heterocycles. The Morgan fingerprint density at radius 3 is 2.75 bits per heavy atom. The predicted molar refractivity (Wildman–Crippen MR) is 80.6 cm³/mol. The summed E-state index contributed by atoms with van der Waals surface area (Å²) in [6.07, 6.45) is 6.99. The fourth-order valence-electron chi connectivity index (χ4n) is 2.41. The van der Waals surface area contributed by atoms with Gasteiger partial charge in [0.1, 0.15) is 5.75 Å². The summed E-state index contributed by atoms with van der Waals surface area (Å²) in [6, 6.07) is 8.01. The van der Waals surface area contributed by atoms with Crippen molar-refractivity contribution in [2.75, 3.05) is 13.7 Å². The number of urea groups is 1. The van der Waals surface area contributed by atoms with Crippen molar-refractivity contribution in [3.05, 3.63) is 36.0 Å². The van der Waals surface area contributed by atoms with E-state index in [0.29, 0.717) is 6.04 Å². The average molecular weight is 274 g/mol. The first kappa shape index (κ1) is 14.4. The van der Waals surface area contributed by atoms with Gasteiger partial charge in [-0.2, -0.15) is 0 Å². The molecule has 0 radical (unpaired) electrons. The van der Waals surface area contributed by atoms with Crippen LogP contribution in [-0.4, -0.2) is 30.6 Å². The van der Waals surface area contributed by atoms with E-state index in [9.17, 15) is 4.79 Å². The molecule has 1 atom stereocenters. The lowest BCUT2D eigenvalue weighted by molar-refractivity contribution is 0.161. The van der Waals surface area contributed by atoms with Crippen LogP contribution in [0.5, 0.6) is 5.75 Å². The van der Waals surface area contributed by atoms with E-state index in [0.717, 1.165) is 30.7 Å². The molecule has 1 heterocycles. The van der Waals surface area contributed by atoms with Crippen molar-refractivity contribution in [1.82, 2.24) is 10.2 Å². The Hall–Kier alpha value is -1.97. The fraction of sp³-hybridized carbons (Fsp3) is 0.438. The van der Waals surface area contributed by atoms with Gasteiger partial charge < -0.3 is 15.0 Å². The Balaban J connectivity index is 1.86. The van der Waals surface area contributed by atoms with Crippen LogP contribution in [0.25, 0.3) is 6.08 Å². The quantitative estimate of drug-likeness (QED) is 0.919. The minimum atomic E-state index is -0.0121. The Bertz CT molecular complexity index is 468. The minimum Gasteiger partial charge on any atom is -0.497 e. The Morgan fingerprint density at radius 1 is 1.35 bits per heavy atom. The number of nitrogens with zero attached hydrogens (tertiary/aromatic N) is 1. The first-order valence-electron chi connectivity index (χ1n) is 7.08. The van der Waals surface area contributed by atoms with Gasteiger partial charge in [0.25, 0.3) is 0 Å². The van der Waals surface area contributed by atoms with Crippen LogP contribution in [0, 0.1) is 0 Å². The molecular formula is C16H22N2O2. The molecule has 0 saturated carbocycles. The van der Waals surface area contributed by atoms with E-state index in [1.54, 1.807) is 13.3 Å². The summed E-state index contributed by atoms with van der Waals surface area (Å²) >= 11 is 0. The average Bonchev–Trinajstić information content (AvgIpc) is 2.48. The highest BCUT2D eigenvalue weighted by Gasteiger charge is 2.22. The third-order valence-corrected chi connectivity index (χ3v) is 3.66. The summed E-state index contributed by atoms with van der Waals surface area (Å²) in [5, 5.41) is 2.84. The molecule has 20 heavy (non-hydrogen) atoms. The van der Waals surface area contributed by atoms with Crippen molar-refractivity contribution in [1.29, 1.82) is 0 Å². The monoisotopic (exact) mass is 274 g/mol. The molecule has 4 heteroatoms. The third kappa shape index (κ3) is 3.76. The molecule has 4 nitrogen and oxygen atoms in total. The number of carbonyl (C=O) groups is 1. The van der Waals surface area contributed by atoms with Gasteiger partial charge in [-0.25, -0.2) is 4.79 Å². The standard InChI is InChI=1S/C16H22N2O2/c1-13-5-3-4-12-18(13)16(19)17-11-10-14-6-8-15(20-2)9-7-14/h6-11,13H,3-5,12H2,1-2H3,(H,17,19)/b11-10+. The number of amides is 2. The number of ether oxygens (including phenoxy) is 1. The SMILES string of the molecule is COc1ccc(/C=C/NC(=O)N2CCCCC2C)cc1. The molecule has 1 N–H and O–H groups in total. The molecule has 2 rings (SSSR count). The van der Waals surface area contributed by atoms with Gasteiger partial charge in [0.2, 0.25) is 0 Å². The zero-order chi connectivity index (χ0) is 14.4. The third-order valence-electron chi connectivity index (χ3n) is 3.66. The summed E-state index contributed by atoms with van der Waals surface area (Å²) < 4.78 is 5.10. The highest BCUT2D eigenvalue weighted by Crippen LogP contribution is 2.16. The number of methoxy groups -OCH3 is 1. The molecule has 1 aromatic rings. The smallest absolute Gasteiger partial charge is 0.321 e. The van der Waals surface area contributed by atoms with E-state index in [-0.39, 0.29) is 6.03 Å². The molecule has 1 aliphatic rings. The minimum absolute atomic E-state index is 0.0121. The molecule has 2 amide bonds. The van der Waals surface area contributed by atoms with Crippen molar-refractivity contribution in [2.24, 2.45) is 0 Å². The van der Waals surface area contributed by atoms with Crippen molar-refractivity contribution in [3.63, 3.8) is 0 Å². The number of hydrogen-bond acceptors (Lipinski definition) is 2. The van der Waals surface area contributed by atoms with Gasteiger partial charge in [0.05, 0.1) is 7.11 Å². The number of hydrogen-bond donors (Lipinski definition) is 1. The van der Waals surface area contributed by atoms with E-state index < -0.39 is 0 Å². The normalized spacial score (nSPS) is 19.1. The van der Waals surface area contributed by atoms with E-state index in [4.69, 9.17) is 4.74 Å². The van der Waals surface area contributed by atoms with Gasteiger partial charge in [-0.15, -0.1) is 0 Å². The van der Waals surface area contributed by atoms with Crippen LogP contribution in [0.3, 0.4) is 0 Å². The number of nitrogens with one attached hydrogen (secondary N) is 1. The molecule has 1 aromatic carbocycles. The topological polar surface area (TPSA) is 41.6 Å². The second-order valence-corrected chi connectivity index (χ2v) is 5.09. The molecule has 108 valence electrons. The first-order valence-corrected chi connectivity index (χ1v) is 7.08. The molecule has 0 aliphatic carbocycles. The Kier molecular flexibility index (Phi) is 5.04. The van der Waals surface area contributed by atoms with Gasteiger partial charge in [-0.1, -0.05) is 12.1 Å². The first-order chi connectivity index (χ1) is 9.70. The maximum absolute atomic E-state index is 12.0. The molecule has 1 aliphatic heterocycles. The largest absolute Gasteiger partial charge is 0.497 e. The number of benzene rings is 1. The van der Waals surface area contributed by atoms with Crippen LogP contribution in [0.2, 0.25) is 0 Å². The van der Waals surface area contributed by atoms with Crippen LogP contribution < -0.4 is 10.1 Å². The van der Waals surface area contributed by atoms with E-state index in [1.807, 2.05) is 35.2 Å². The van der Waals surface area contributed by atoms with E-state index in [1.165, 1.54) is 6.42 Å². The highest BCUT2D eigenvalue weighted by molar-refractivity contribution is 5.76. The Morgan fingerprint density at radius 2 is 2.10 bits per heavy atom.